The van der Waals surface area contributed by atoms with Crippen LogP contribution >= 0.6 is 0 Å². The zero-order valence-corrected chi connectivity index (χ0v) is 19.6. The van der Waals surface area contributed by atoms with Crippen LogP contribution in [0.15, 0.2) is 30.3 Å². The van der Waals surface area contributed by atoms with E-state index in [2.05, 4.69) is 10.6 Å². The van der Waals surface area contributed by atoms with E-state index in [9.17, 15) is 18.8 Å². The van der Waals surface area contributed by atoms with Crippen LogP contribution in [-0.2, 0) is 9.59 Å². The van der Waals surface area contributed by atoms with E-state index in [0.29, 0.717) is 37.4 Å². The Hall–Kier alpha value is -3.26. The fourth-order valence-electron chi connectivity index (χ4n) is 4.13. The van der Waals surface area contributed by atoms with E-state index in [-0.39, 0.29) is 30.7 Å². The Balaban J connectivity index is 1.44. The lowest BCUT2D eigenvalue weighted by molar-refractivity contribution is -0.125. The molecule has 0 aliphatic carbocycles. The van der Waals surface area contributed by atoms with Gasteiger partial charge >= 0.3 is 0 Å². The number of hydrogen-bond acceptors (Lipinski definition) is 5. The number of benzene rings is 2. The molecule has 176 valence electrons. The summed E-state index contributed by atoms with van der Waals surface area (Å²) >= 11 is 0. The Morgan fingerprint density at radius 2 is 1.58 bits per heavy atom. The number of aryl methyl sites for hydroxylation is 3. The first-order valence-corrected chi connectivity index (χ1v) is 11.1. The molecular weight excluding hydrogens is 423 g/mol. The molecule has 7 nitrogen and oxygen atoms in total. The quantitative estimate of drug-likeness (QED) is 0.629. The van der Waals surface area contributed by atoms with Gasteiger partial charge < -0.3 is 15.5 Å². The normalized spacial score (nSPS) is 14.2. The Bertz CT molecular complexity index is 1040. The minimum Gasteiger partial charge on any atom is -0.367 e. The number of rotatable bonds is 7. The monoisotopic (exact) mass is 454 g/mol. The third kappa shape index (κ3) is 6.38. The van der Waals surface area contributed by atoms with Gasteiger partial charge in [0.15, 0.2) is 5.78 Å². The molecule has 1 heterocycles. The molecule has 3 rings (SSSR count). The second kappa shape index (κ2) is 10.6. The van der Waals surface area contributed by atoms with E-state index in [1.165, 1.54) is 13.0 Å². The van der Waals surface area contributed by atoms with Gasteiger partial charge in [0.25, 0.3) is 0 Å². The summed E-state index contributed by atoms with van der Waals surface area (Å²) in [6, 6.07) is 8.53. The molecule has 2 aromatic carbocycles. The fraction of sp³-hybridized carbons (Fsp3) is 0.400. The van der Waals surface area contributed by atoms with E-state index in [0.717, 1.165) is 22.4 Å². The second-order valence-electron chi connectivity index (χ2n) is 8.58. The van der Waals surface area contributed by atoms with Crippen LogP contribution in [0, 0.1) is 26.6 Å². The highest BCUT2D eigenvalue weighted by Gasteiger charge is 2.22. The molecule has 0 unspecified atom stereocenters. The van der Waals surface area contributed by atoms with Crippen LogP contribution in [0.3, 0.4) is 0 Å². The van der Waals surface area contributed by atoms with Crippen LogP contribution in [0.5, 0.6) is 0 Å². The van der Waals surface area contributed by atoms with Crippen molar-refractivity contribution >= 4 is 29.0 Å². The number of Topliss-reactive ketones (excluding diaryl/α,β-unsaturated/α-hetero) is 1. The third-order valence-electron chi connectivity index (χ3n) is 5.82. The average molecular weight is 455 g/mol. The van der Waals surface area contributed by atoms with Gasteiger partial charge in [0.05, 0.1) is 18.8 Å². The van der Waals surface area contributed by atoms with Crippen molar-refractivity contribution in [2.24, 2.45) is 0 Å². The number of halogens is 1. The highest BCUT2D eigenvalue weighted by atomic mass is 19.1. The molecular formula is C25H31FN4O3. The number of carbonyl (C=O) groups is 3. The van der Waals surface area contributed by atoms with Crippen molar-refractivity contribution in [2.75, 3.05) is 49.5 Å². The number of nitrogens with one attached hydrogen (secondary N) is 2. The van der Waals surface area contributed by atoms with Gasteiger partial charge in [-0.2, -0.15) is 0 Å². The highest BCUT2D eigenvalue weighted by molar-refractivity contribution is 5.96. The molecule has 2 amide bonds. The van der Waals surface area contributed by atoms with Crippen molar-refractivity contribution in [3.8, 4) is 0 Å². The maximum Gasteiger partial charge on any atom is 0.243 e. The third-order valence-corrected chi connectivity index (χ3v) is 5.82. The molecule has 2 N–H and O–H groups in total. The predicted octanol–water partition coefficient (Wildman–Crippen LogP) is 2.83. The van der Waals surface area contributed by atoms with Gasteiger partial charge in [-0.05, 0) is 57.0 Å². The summed E-state index contributed by atoms with van der Waals surface area (Å²) in [6.07, 6.45) is 0. The smallest absolute Gasteiger partial charge is 0.243 e. The van der Waals surface area contributed by atoms with Crippen LogP contribution in [0.2, 0.25) is 0 Å². The summed E-state index contributed by atoms with van der Waals surface area (Å²) in [4.78, 5) is 39.9. The highest BCUT2D eigenvalue weighted by Crippen LogP contribution is 2.23. The van der Waals surface area contributed by atoms with Crippen molar-refractivity contribution in [1.82, 2.24) is 10.2 Å². The van der Waals surface area contributed by atoms with Crippen LogP contribution in [0.4, 0.5) is 15.8 Å². The summed E-state index contributed by atoms with van der Waals surface area (Å²) in [6.45, 7) is 9.69. The molecule has 0 saturated carbocycles. The topological polar surface area (TPSA) is 81.8 Å². The molecule has 33 heavy (non-hydrogen) atoms. The molecule has 0 aromatic heterocycles. The lowest BCUT2D eigenvalue weighted by atomic mass is 10.1. The van der Waals surface area contributed by atoms with Crippen LogP contribution in [-0.4, -0.2) is 61.8 Å². The van der Waals surface area contributed by atoms with Gasteiger partial charge in [0.1, 0.15) is 5.82 Å². The first kappa shape index (κ1) is 24.4. The summed E-state index contributed by atoms with van der Waals surface area (Å²) < 4.78 is 14.4. The van der Waals surface area contributed by atoms with Gasteiger partial charge in [-0.3, -0.25) is 19.3 Å². The maximum atomic E-state index is 14.4. The van der Waals surface area contributed by atoms with Crippen molar-refractivity contribution in [3.63, 3.8) is 0 Å². The number of piperazine rings is 1. The summed E-state index contributed by atoms with van der Waals surface area (Å²) in [5.74, 6) is -1.09. The molecule has 0 radical (unpaired) electrons. The SMILES string of the molecule is CC(=O)c1ccc(N2CCN(CC(=O)NCC(=O)Nc3c(C)cc(C)cc3C)CC2)c(F)c1. The molecule has 0 atom stereocenters. The number of carbonyl (C=O) groups excluding carboxylic acids is 3. The Labute approximate surface area is 193 Å². The van der Waals surface area contributed by atoms with Crippen LogP contribution in [0.25, 0.3) is 0 Å². The molecule has 0 bridgehead atoms. The standard InChI is InChI=1S/C25H31FN4O3/c1-16-11-17(2)25(18(3)12-16)28-23(32)14-27-24(33)15-29-7-9-30(10-8-29)22-6-5-20(19(4)31)13-21(22)26/h5-6,11-13H,7-10,14-15H2,1-4H3,(H,27,33)(H,28,32). The molecule has 1 saturated heterocycles. The van der Waals surface area contributed by atoms with Crippen molar-refractivity contribution in [1.29, 1.82) is 0 Å². The lowest BCUT2D eigenvalue weighted by Crippen LogP contribution is -2.50. The Morgan fingerprint density at radius 1 is 0.939 bits per heavy atom. The summed E-state index contributed by atoms with van der Waals surface area (Å²) in [5, 5.41) is 5.55. The van der Waals surface area contributed by atoms with Gasteiger partial charge in [-0.25, -0.2) is 4.39 Å². The van der Waals surface area contributed by atoms with Gasteiger partial charge in [0, 0.05) is 37.4 Å². The molecule has 8 heteroatoms. The molecule has 1 aliphatic rings. The molecule has 1 fully saturated rings. The number of nitrogens with zero attached hydrogens (tertiary/aromatic N) is 2. The van der Waals surface area contributed by atoms with Crippen LogP contribution < -0.4 is 15.5 Å². The van der Waals surface area contributed by atoms with E-state index < -0.39 is 5.82 Å². The molecule has 0 spiro atoms. The van der Waals surface area contributed by atoms with Gasteiger partial charge in [-0.15, -0.1) is 0 Å². The van der Waals surface area contributed by atoms with Gasteiger partial charge in [-0.1, -0.05) is 17.7 Å². The fourth-order valence-corrected chi connectivity index (χ4v) is 4.13. The number of ketones is 1. The number of anilines is 2. The minimum atomic E-state index is -0.418. The Morgan fingerprint density at radius 3 is 2.15 bits per heavy atom. The van der Waals surface area contributed by atoms with Gasteiger partial charge in [0.2, 0.25) is 11.8 Å². The van der Waals surface area contributed by atoms with E-state index in [1.807, 2.05) is 42.7 Å². The Kier molecular flexibility index (Phi) is 7.81. The second-order valence-corrected chi connectivity index (χ2v) is 8.58. The minimum absolute atomic E-state index is 0.0980. The summed E-state index contributed by atoms with van der Waals surface area (Å²) in [5.41, 5.74) is 4.69. The lowest BCUT2D eigenvalue weighted by Gasteiger charge is -2.35. The number of amides is 2. The van der Waals surface area contributed by atoms with Crippen molar-refractivity contribution < 1.29 is 18.8 Å². The zero-order chi connectivity index (χ0) is 24.1. The average Bonchev–Trinajstić information content (AvgIpc) is 2.75. The predicted molar refractivity (Wildman–Crippen MR) is 127 cm³/mol. The van der Waals surface area contributed by atoms with E-state index in [4.69, 9.17) is 0 Å². The number of hydrogen-bond donors (Lipinski definition) is 2. The molecule has 2 aromatic rings. The first-order valence-electron chi connectivity index (χ1n) is 11.1. The van der Waals surface area contributed by atoms with Crippen molar-refractivity contribution in [3.05, 3.63) is 58.4 Å². The van der Waals surface area contributed by atoms with Crippen LogP contribution in [0.1, 0.15) is 34.0 Å². The molecule has 1 aliphatic heterocycles. The van der Waals surface area contributed by atoms with Crippen molar-refractivity contribution in [2.45, 2.75) is 27.7 Å². The zero-order valence-electron chi connectivity index (χ0n) is 19.6. The van der Waals surface area contributed by atoms with E-state index >= 15 is 0 Å². The largest absolute Gasteiger partial charge is 0.367 e. The van der Waals surface area contributed by atoms with E-state index in [1.54, 1.807) is 12.1 Å². The maximum absolute atomic E-state index is 14.4. The summed E-state index contributed by atoms with van der Waals surface area (Å²) in [7, 11) is 0. The first-order chi connectivity index (χ1) is 15.6.